The van der Waals surface area contributed by atoms with Gasteiger partial charge >= 0.3 is 12.1 Å². The Balaban J connectivity index is 2.38. The van der Waals surface area contributed by atoms with Crippen molar-refractivity contribution in [3.63, 3.8) is 0 Å². The van der Waals surface area contributed by atoms with Crippen LogP contribution in [-0.2, 0) is 19.6 Å². The molecule has 2 rings (SSSR count). The van der Waals surface area contributed by atoms with Crippen LogP contribution >= 0.6 is 0 Å². The number of rotatable bonds is 11. The maximum absolute atomic E-state index is 12.7. The molecule has 2 aromatic rings. The number of nitrogens with one attached hydrogen (secondary N) is 2. The lowest BCUT2D eigenvalue weighted by molar-refractivity contribution is -0.385. The molecule has 0 aliphatic heterocycles. The Bertz CT molecular complexity index is 1150. The first-order chi connectivity index (χ1) is 15.6. The van der Waals surface area contributed by atoms with E-state index in [1.165, 1.54) is 42.5 Å². The number of carbonyl (C=O) groups is 2. The van der Waals surface area contributed by atoms with Gasteiger partial charge in [-0.1, -0.05) is 37.8 Å². The van der Waals surface area contributed by atoms with Gasteiger partial charge in [0.05, 0.1) is 21.8 Å². The number of carboxylic acid groups (broad SMARTS) is 1. The number of amides is 1. The van der Waals surface area contributed by atoms with Crippen LogP contribution in [0.1, 0.15) is 24.9 Å². The van der Waals surface area contributed by atoms with Gasteiger partial charge in [-0.15, -0.1) is 0 Å². The Hall–Kier alpha value is -3.93. The van der Waals surface area contributed by atoms with Crippen molar-refractivity contribution >= 4 is 33.5 Å². The third-order valence-electron chi connectivity index (χ3n) is 4.60. The summed E-state index contributed by atoms with van der Waals surface area (Å²) in [5.41, 5.74) is 0.00530. The van der Waals surface area contributed by atoms with E-state index >= 15 is 0 Å². The second kappa shape index (κ2) is 11.1. The molecule has 0 radical (unpaired) electrons. The van der Waals surface area contributed by atoms with Gasteiger partial charge in [-0.2, -0.15) is 0 Å². The molecule has 0 saturated heterocycles. The molecule has 33 heavy (non-hydrogen) atoms. The summed E-state index contributed by atoms with van der Waals surface area (Å²) in [4.78, 5) is 33.7. The van der Waals surface area contributed by atoms with E-state index in [0.717, 1.165) is 12.1 Å². The van der Waals surface area contributed by atoms with Gasteiger partial charge in [0, 0.05) is 17.8 Å². The van der Waals surface area contributed by atoms with Crippen LogP contribution < -0.4 is 10.0 Å². The number of hydrogen-bond acceptors (Lipinski definition) is 7. The van der Waals surface area contributed by atoms with Crippen LogP contribution in [0.4, 0.5) is 16.2 Å². The van der Waals surface area contributed by atoms with Crippen molar-refractivity contribution in [2.75, 3.05) is 11.3 Å². The third-order valence-corrected chi connectivity index (χ3v) is 5.98. The first kappa shape index (κ1) is 25.3. The van der Waals surface area contributed by atoms with Crippen LogP contribution in [-0.4, -0.2) is 37.1 Å². The van der Waals surface area contributed by atoms with E-state index in [0.29, 0.717) is 5.56 Å². The monoisotopic (exact) mass is 477 g/mol. The Morgan fingerprint density at radius 3 is 2.55 bits per heavy atom. The highest BCUT2D eigenvalue weighted by atomic mass is 32.2. The van der Waals surface area contributed by atoms with Gasteiger partial charge in [0.2, 0.25) is 0 Å². The highest BCUT2D eigenvalue weighted by molar-refractivity contribution is 7.92. The molecular weight excluding hydrogens is 454 g/mol. The molecule has 0 bridgehead atoms. The summed E-state index contributed by atoms with van der Waals surface area (Å²) in [6, 6.07) is 9.34. The van der Waals surface area contributed by atoms with Crippen molar-refractivity contribution < 1.29 is 32.8 Å². The van der Waals surface area contributed by atoms with E-state index in [1.54, 1.807) is 6.92 Å². The predicted molar refractivity (Wildman–Crippen MR) is 119 cm³/mol. The number of benzene rings is 2. The average molecular weight is 477 g/mol. The summed E-state index contributed by atoms with van der Waals surface area (Å²) in [6.07, 6.45) is 0.666. The third kappa shape index (κ3) is 6.77. The number of non-ortho nitro benzene ring substituents is 1. The highest BCUT2D eigenvalue weighted by Gasteiger charge is 2.30. The number of nitrogens with zero attached hydrogens (tertiary/aromatic N) is 1. The number of nitro groups is 1. The largest absolute Gasteiger partial charge is 0.481 e. The van der Waals surface area contributed by atoms with Crippen LogP contribution in [0.2, 0.25) is 0 Å². The van der Waals surface area contributed by atoms with E-state index in [2.05, 4.69) is 16.6 Å². The normalized spacial score (nSPS) is 12.8. The van der Waals surface area contributed by atoms with Crippen molar-refractivity contribution in [1.82, 2.24) is 5.32 Å². The van der Waals surface area contributed by atoms with E-state index in [1.807, 2.05) is 0 Å². The van der Waals surface area contributed by atoms with Crippen LogP contribution in [0.3, 0.4) is 0 Å². The zero-order chi connectivity index (χ0) is 24.6. The van der Waals surface area contributed by atoms with Crippen LogP contribution in [0.15, 0.2) is 66.1 Å². The van der Waals surface area contributed by atoms with Gasteiger partial charge in [-0.25, -0.2) is 13.2 Å². The summed E-state index contributed by atoms with van der Waals surface area (Å²) in [5, 5.41) is 23.0. The zero-order valence-corrected chi connectivity index (χ0v) is 18.4. The predicted octanol–water partition coefficient (Wildman–Crippen LogP) is 3.46. The van der Waals surface area contributed by atoms with Gasteiger partial charge in [0.15, 0.2) is 0 Å². The molecule has 0 fully saturated rings. The number of anilines is 1. The second-order valence-electron chi connectivity index (χ2n) is 6.85. The maximum atomic E-state index is 12.7. The summed E-state index contributed by atoms with van der Waals surface area (Å²) in [5.74, 6) is -2.18. The molecule has 0 saturated carbocycles. The fraction of sp³-hybridized carbons (Fsp3) is 0.238. The van der Waals surface area contributed by atoms with Crippen molar-refractivity contribution in [3.05, 3.63) is 76.9 Å². The Morgan fingerprint density at radius 1 is 1.24 bits per heavy atom. The Kier molecular flexibility index (Phi) is 8.51. The van der Waals surface area contributed by atoms with Gasteiger partial charge in [-0.05, 0) is 30.2 Å². The fourth-order valence-electron chi connectivity index (χ4n) is 3.05. The van der Waals surface area contributed by atoms with Gasteiger partial charge in [-0.3, -0.25) is 19.6 Å². The van der Waals surface area contributed by atoms with E-state index in [9.17, 15) is 33.2 Å². The lowest BCUT2D eigenvalue weighted by Crippen LogP contribution is -2.37. The fourth-order valence-corrected chi connectivity index (χ4v) is 4.14. The number of ether oxygens (including phenoxy) is 1. The first-order valence-electron chi connectivity index (χ1n) is 9.73. The van der Waals surface area contributed by atoms with E-state index in [4.69, 9.17) is 4.74 Å². The Labute approximate surface area is 190 Å². The smallest absolute Gasteiger partial charge is 0.407 e. The molecule has 11 nitrogen and oxygen atoms in total. The van der Waals surface area contributed by atoms with Crippen molar-refractivity contribution in [1.29, 1.82) is 0 Å². The van der Waals surface area contributed by atoms with Crippen molar-refractivity contribution in [2.24, 2.45) is 5.92 Å². The van der Waals surface area contributed by atoms with Gasteiger partial charge in [0.1, 0.15) is 6.61 Å². The zero-order valence-electron chi connectivity index (χ0n) is 17.6. The molecule has 0 aliphatic rings. The van der Waals surface area contributed by atoms with Crippen molar-refractivity contribution in [3.8, 4) is 0 Å². The molecule has 1 amide bonds. The minimum atomic E-state index is -4.18. The second-order valence-corrected chi connectivity index (χ2v) is 8.53. The maximum Gasteiger partial charge on any atom is 0.407 e. The number of aliphatic carboxylic acids is 1. The standard InChI is InChI=1S/C21H23N3O8S/c1-3-11-32-21(27)22-19(18(4-2)20(25)26)14-7-5-8-15(12-14)23-33(30,31)17-10-6-9-16(13-17)24(28)29/h3,5-10,12-13,18-19,23H,1,4,11H2,2H3,(H,22,27)(H,25,26). The molecule has 12 heteroatoms. The van der Waals surface area contributed by atoms with Crippen LogP contribution in [0, 0.1) is 16.0 Å². The molecule has 2 atom stereocenters. The average Bonchev–Trinajstić information content (AvgIpc) is 2.77. The van der Waals surface area contributed by atoms with Gasteiger partial charge < -0.3 is 15.2 Å². The van der Waals surface area contributed by atoms with E-state index in [-0.39, 0.29) is 29.3 Å². The highest BCUT2D eigenvalue weighted by Crippen LogP contribution is 2.28. The molecule has 3 N–H and O–H groups in total. The molecule has 0 spiro atoms. The molecule has 2 unspecified atom stereocenters. The lowest BCUT2D eigenvalue weighted by atomic mass is 9.91. The topological polar surface area (TPSA) is 165 Å². The number of nitro benzene ring substituents is 1. The van der Waals surface area contributed by atoms with E-state index < -0.39 is 39.0 Å². The number of carbonyl (C=O) groups excluding carboxylic acids is 1. The Morgan fingerprint density at radius 2 is 1.94 bits per heavy atom. The van der Waals surface area contributed by atoms with Crippen LogP contribution in [0.5, 0.6) is 0 Å². The number of carboxylic acids is 1. The quantitative estimate of drug-likeness (QED) is 0.251. The van der Waals surface area contributed by atoms with Crippen molar-refractivity contribution in [2.45, 2.75) is 24.3 Å². The summed E-state index contributed by atoms with van der Waals surface area (Å²) in [6.45, 7) is 4.99. The minimum Gasteiger partial charge on any atom is -0.481 e. The molecule has 176 valence electrons. The molecule has 2 aromatic carbocycles. The molecular formula is C21H23N3O8S. The van der Waals surface area contributed by atoms with Crippen LogP contribution in [0.25, 0.3) is 0 Å². The van der Waals surface area contributed by atoms with Gasteiger partial charge in [0.25, 0.3) is 15.7 Å². The molecule has 0 aromatic heterocycles. The molecule has 0 aliphatic carbocycles. The minimum absolute atomic E-state index is 0.0745. The SMILES string of the molecule is C=CCOC(=O)NC(c1cccc(NS(=O)(=O)c2cccc([N+](=O)[O-])c2)c1)C(CC)C(=O)O. The molecule has 0 heterocycles. The number of sulfonamides is 1. The lowest BCUT2D eigenvalue weighted by Gasteiger charge is -2.25. The first-order valence-corrected chi connectivity index (χ1v) is 11.2. The number of hydrogen-bond donors (Lipinski definition) is 3. The summed E-state index contributed by atoms with van der Waals surface area (Å²) >= 11 is 0. The summed E-state index contributed by atoms with van der Waals surface area (Å²) in [7, 11) is -4.18. The number of alkyl carbamates (subject to hydrolysis) is 1. The summed E-state index contributed by atoms with van der Waals surface area (Å²) < 4.78 is 32.7.